The smallest absolute Gasteiger partial charge is 0.0100 e. The summed E-state index contributed by atoms with van der Waals surface area (Å²) in [5.41, 5.74) is 0.595. The average Bonchev–Trinajstić information content (AvgIpc) is 2.79. The molecular formula is C15H28BrN. The molecule has 0 bridgehead atoms. The first-order chi connectivity index (χ1) is 8.15. The Morgan fingerprint density at radius 2 is 1.71 bits per heavy atom. The second-order valence-electron chi connectivity index (χ2n) is 6.67. The highest BCUT2D eigenvalue weighted by Crippen LogP contribution is 2.41. The summed E-state index contributed by atoms with van der Waals surface area (Å²) in [5.74, 6) is 0.969. The van der Waals surface area contributed by atoms with Gasteiger partial charge < -0.3 is 4.90 Å². The molecule has 0 aromatic rings. The summed E-state index contributed by atoms with van der Waals surface area (Å²) in [6, 6.07) is 0.864. The first-order valence-electron chi connectivity index (χ1n) is 7.41. The van der Waals surface area contributed by atoms with Crippen molar-refractivity contribution in [2.75, 3.05) is 18.9 Å². The van der Waals surface area contributed by atoms with E-state index < -0.39 is 0 Å². The third-order valence-electron chi connectivity index (χ3n) is 5.14. The average molecular weight is 302 g/mol. The number of hydrogen-bond acceptors (Lipinski definition) is 1. The van der Waals surface area contributed by atoms with E-state index >= 15 is 0 Å². The van der Waals surface area contributed by atoms with Gasteiger partial charge in [0.25, 0.3) is 0 Å². The normalized spacial score (nSPS) is 33.2. The fraction of sp³-hybridized carbons (Fsp3) is 1.00. The van der Waals surface area contributed by atoms with Gasteiger partial charge in [0, 0.05) is 17.9 Å². The van der Waals surface area contributed by atoms with Crippen LogP contribution in [-0.4, -0.2) is 29.9 Å². The van der Waals surface area contributed by atoms with Crippen LogP contribution in [-0.2, 0) is 0 Å². The van der Waals surface area contributed by atoms with Gasteiger partial charge in [-0.25, -0.2) is 0 Å². The van der Waals surface area contributed by atoms with Crippen LogP contribution in [0.5, 0.6) is 0 Å². The lowest BCUT2D eigenvalue weighted by molar-refractivity contribution is 0.118. The Morgan fingerprint density at radius 3 is 2.24 bits per heavy atom. The summed E-state index contributed by atoms with van der Waals surface area (Å²) in [4.78, 5) is 2.68. The monoisotopic (exact) mass is 301 g/mol. The van der Waals surface area contributed by atoms with Crippen LogP contribution < -0.4 is 0 Å². The molecule has 0 aromatic heterocycles. The van der Waals surface area contributed by atoms with Crippen molar-refractivity contribution in [3.8, 4) is 0 Å². The van der Waals surface area contributed by atoms with Gasteiger partial charge in [0.1, 0.15) is 0 Å². The van der Waals surface area contributed by atoms with E-state index in [1.165, 1.54) is 63.2 Å². The lowest BCUT2D eigenvalue weighted by atomic mass is 9.84. The van der Waals surface area contributed by atoms with Crippen LogP contribution in [0.1, 0.15) is 58.3 Å². The molecule has 0 N–H and O–H groups in total. The molecule has 0 aromatic carbocycles. The summed E-state index contributed by atoms with van der Waals surface area (Å²) in [5, 5.41) is 1.20. The zero-order valence-electron chi connectivity index (χ0n) is 11.6. The van der Waals surface area contributed by atoms with E-state index in [0.717, 1.165) is 12.0 Å². The molecule has 0 unspecified atom stereocenters. The standard InChI is InChI=1S/C15H28BrN/c1-13-5-7-14(8-6-13)17(2)12-15(11-16)9-3-4-10-15/h13-14H,3-12H2,1-2H3. The van der Waals surface area contributed by atoms with Crippen molar-refractivity contribution < 1.29 is 0 Å². The summed E-state index contributed by atoms with van der Waals surface area (Å²) < 4.78 is 0. The molecule has 2 rings (SSSR count). The Bertz CT molecular complexity index is 227. The van der Waals surface area contributed by atoms with Crippen LogP contribution in [0.3, 0.4) is 0 Å². The Balaban J connectivity index is 1.85. The van der Waals surface area contributed by atoms with Crippen molar-refractivity contribution in [2.45, 2.75) is 64.3 Å². The van der Waals surface area contributed by atoms with Crippen LogP contribution >= 0.6 is 15.9 Å². The Labute approximate surface area is 115 Å². The minimum atomic E-state index is 0.595. The highest BCUT2D eigenvalue weighted by molar-refractivity contribution is 9.09. The van der Waals surface area contributed by atoms with Gasteiger partial charge in [-0.1, -0.05) is 35.7 Å². The van der Waals surface area contributed by atoms with Crippen molar-refractivity contribution >= 4 is 15.9 Å². The third kappa shape index (κ3) is 3.47. The predicted molar refractivity (Wildman–Crippen MR) is 78.7 cm³/mol. The van der Waals surface area contributed by atoms with E-state index in [0.29, 0.717) is 5.41 Å². The lowest BCUT2D eigenvalue weighted by Crippen LogP contribution is -2.42. The molecule has 0 amide bonds. The van der Waals surface area contributed by atoms with Crippen molar-refractivity contribution in [1.82, 2.24) is 4.90 Å². The SMILES string of the molecule is CC1CCC(N(C)CC2(CBr)CCCC2)CC1. The van der Waals surface area contributed by atoms with Gasteiger partial charge in [0.15, 0.2) is 0 Å². The molecule has 2 aliphatic rings. The van der Waals surface area contributed by atoms with Crippen LogP contribution in [0.25, 0.3) is 0 Å². The second kappa shape index (κ2) is 6.06. The molecule has 2 saturated carbocycles. The molecular weight excluding hydrogens is 274 g/mol. The van der Waals surface area contributed by atoms with Gasteiger partial charge >= 0.3 is 0 Å². The van der Waals surface area contributed by atoms with Crippen LogP contribution in [0.4, 0.5) is 0 Å². The summed E-state index contributed by atoms with van der Waals surface area (Å²) >= 11 is 3.77. The molecule has 0 atom stereocenters. The molecule has 2 aliphatic carbocycles. The van der Waals surface area contributed by atoms with E-state index in [1.54, 1.807) is 0 Å². The molecule has 0 heterocycles. The molecule has 100 valence electrons. The molecule has 17 heavy (non-hydrogen) atoms. The fourth-order valence-corrected chi connectivity index (χ4v) is 4.54. The maximum atomic E-state index is 3.77. The highest BCUT2D eigenvalue weighted by atomic mass is 79.9. The van der Waals surface area contributed by atoms with E-state index in [-0.39, 0.29) is 0 Å². The summed E-state index contributed by atoms with van der Waals surface area (Å²) in [7, 11) is 2.36. The molecule has 0 radical (unpaired) electrons. The van der Waals surface area contributed by atoms with Crippen LogP contribution in [0.15, 0.2) is 0 Å². The maximum absolute atomic E-state index is 3.77. The zero-order valence-corrected chi connectivity index (χ0v) is 13.1. The van der Waals surface area contributed by atoms with Crippen molar-refractivity contribution in [3.63, 3.8) is 0 Å². The van der Waals surface area contributed by atoms with E-state index in [2.05, 4.69) is 34.8 Å². The number of hydrogen-bond donors (Lipinski definition) is 0. The van der Waals surface area contributed by atoms with Gasteiger partial charge in [0.2, 0.25) is 0 Å². The molecule has 0 spiro atoms. The van der Waals surface area contributed by atoms with Gasteiger partial charge in [-0.3, -0.25) is 0 Å². The topological polar surface area (TPSA) is 3.24 Å². The third-order valence-corrected chi connectivity index (χ3v) is 6.33. The van der Waals surface area contributed by atoms with Crippen molar-refractivity contribution in [1.29, 1.82) is 0 Å². The highest BCUT2D eigenvalue weighted by Gasteiger charge is 2.35. The lowest BCUT2D eigenvalue weighted by Gasteiger charge is -2.39. The number of alkyl halides is 1. The largest absolute Gasteiger partial charge is 0.303 e. The molecule has 0 saturated heterocycles. The van der Waals surface area contributed by atoms with E-state index in [4.69, 9.17) is 0 Å². The number of nitrogens with zero attached hydrogens (tertiary/aromatic N) is 1. The van der Waals surface area contributed by atoms with Gasteiger partial charge in [0.05, 0.1) is 0 Å². The Morgan fingerprint density at radius 1 is 1.12 bits per heavy atom. The first kappa shape index (κ1) is 13.9. The predicted octanol–water partition coefficient (Wildman–Crippen LogP) is 4.45. The number of halogens is 1. The van der Waals surface area contributed by atoms with Gasteiger partial charge in [-0.05, 0) is 56.9 Å². The zero-order chi connectivity index (χ0) is 12.3. The van der Waals surface area contributed by atoms with Crippen LogP contribution in [0.2, 0.25) is 0 Å². The quantitative estimate of drug-likeness (QED) is 0.693. The number of rotatable bonds is 4. The fourth-order valence-electron chi connectivity index (χ4n) is 3.80. The maximum Gasteiger partial charge on any atom is 0.0100 e. The summed E-state index contributed by atoms with van der Waals surface area (Å²) in [6.45, 7) is 3.73. The summed E-state index contributed by atoms with van der Waals surface area (Å²) in [6.07, 6.45) is 11.5. The van der Waals surface area contributed by atoms with Gasteiger partial charge in [-0.15, -0.1) is 0 Å². The van der Waals surface area contributed by atoms with Crippen molar-refractivity contribution in [2.24, 2.45) is 11.3 Å². The minimum Gasteiger partial charge on any atom is -0.303 e. The Kier molecular flexibility index (Phi) is 4.94. The van der Waals surface area contributed by atoms with E-state index in [1.807, 2.05) is 0 Å². The molecule has 0 aliphatic heterocycles. The molecule has 2 heteroatoms. The molecule has 2 fully saturated rings. The van der Waals surface area contributed by atoms with E-state index in [9.17, 15) is 0 Å². The van der Waals surface area contributed by atoms with Gasteiger partial charge in [-0.2, -0.15) is 0 Å². The minimum absolute atomic E-state index is 0.595. The first-order valence-corrected chi connectivity index (χ1v) is 8.53. The molecule has 1 nitrogen and oxygen atoms in total. The van der Waals surface area contributed by atoms with Crippen molar-refractivity contribution in [3.05, 3.63) is 0 Å². The Hall–Kier alpha value is 0.440. The van der Waals surface area contributed by atoms with Crippen LogP contribution in [0, 0.1) is 11.3 Å². The second-order valence-corrected chi connectivity index (χ2v) is 7.23.